The molecule has 3 aromatic carbocycles. The number of nitro benzene ring substituents is 1. The van der Waals surface area contributed by atoms with Crippen molar-refractivity contribution in [2.45, 2.75) is 23.2 Å². The van der Waals surface area contributed by atoms with E-state index in [-0.39, 0.29) is 22.4 Å². The summed E-state index contributed by atoms with van der Waals surface area (Å²) < 4.78 is 33.2. The number of non-ortho nitro benzene ring substituents is 1. The largest absolute Gasteiger partial charge is 0.497 e. The molecule has 1 aliphatic carbocycles. The fraction of sp³-hybridized carbons (Fsp3) is 0.208. The molecule has 9 heteroatoms. The standard InChI is InChI=1S/C24H20N2O6S/c1-15-22(16-7-11-18(32-2)12-8-16)24(15)20-5-3-4-6-21(20)25(23(24)27)33(30,31)19-13-9-17(10-14-19)26(28)29/h3-15,22H,1-2H3/t15-,22+,24+/m0/s1. The van der Waals surface area contributed by atoms with E-state index in [1.807, 2.05) is 31.2 Å². The van der Waals surface area contributed by atoms with Crippen LogP contribution in [-0.4, -0.2) is 26.4 Å². The van der Waals surface area contributed by atoms with E-state index in [9.17, 15) is 23.3 Å². The number of benzene rings is 3. The molecular formula is C24H20N2O6S. The minimum absolute atomic E-state index is 0.114. The normalized spacial score (nSPS) is 23.5. The number of carbonyl (C=O) groups is 1. The number of nitrogens with zero attached hydrogens (tertiary/aromatic N) is 2. The molecule has 168 valence electrons. The van der Waals surface area contributed by atoms with Gasteiger partial charge in [-0.25, -0.2) is 12.7 Å². The highest BCUT2D eigenvalue weighted by Gasteiger charge is 2.74. The lowest BCUT2D eigenvalue weighted by molar-refractivity contribution is -0.384. The van der Waals surface area contributed by atoms with Gasteiger partial charge in [-0.1, -0.05) is 37.3 Å². The van der Waals surface area contributed by atoms with Crippen molar-refractivity contribution in [1.29, 1.82) is 0 Å². The molecular weight excluding hydrogens is 444 g/mol. The summed E-state index contributed by atoms with van der Waals surface area (Å²) in [7, 11) is -2.70. The van der Waals surface area contributed by atoms with Gasteiger partial charge in [0.25, 0.3) is 21.6 Å². The lowest BCUT2D eigenvalue weighted by Gasteiger charge is -2.18. The van der Waals surface area contributed by atoms with Gasteiger partial charge in [-0.2, -0.15) is 0 Å². The van der Waals surface area contributed by atoms with Crippen LogP contribution in [0.1, 0.15) is 24.0 Å². The van der Waals surface area contributed by atoms with E-state index in [2.05, 4.69) is 0 Å². The SMILES string of the molecule is COc1ccc([C@H]2[C@H](C)[C@]23C(=O)N(S(=O)(=O)c2ccc([N+](=O)[O-])cc2)c2ccccc23)cc1. The minimum atomic E-state index is -4.27. The summed E-state index contributed by atoms with van der Waals surface area (Å²) in [4.78, 5) is 24.0. The van der Waals surface area contributed by atoms with Crippen LogP contribution in [0.15, 0.2) is 77.7 Å². The molecule has 0 unspecified atom stereocenters. The molecule has 33 heavy (non-hydrogen) atoms. The minimum Gasteiger partial charge on any atom is -0.497 e. The highest BCUT2D eigenvalue weighted by atomic mass is 32.2. The van der Waals surface area contributed by atoms with Crippen molar-refractivity contribution < 1.29 is 22.9 Å². The maximum atomic E-state index is 13.9. The van der Waals surface area contributed by atoms with Gasteiger partial charge in [-0.3, -0.25) is 14.9 Å². The Morgan fingerprint density at radius 3 is 2.24 bits per heavy atom. The van der Waals surface area contributed by atoms with Crippen molar-refractivity contribution in [3.63, 3.8) is 0 Å². The monoisotopic (exact) mass is 464 g/mol. The molecule has 1 spiro atoms. The summed E-state index contributed by atoms with van der Waals surface area (Å²) in [5.74, 6) is -0.109. The summed E-state index contributed by atoms with van der Waals surface area (Å²) in [5, 5.41) is 11.0. The van der Waals surface area contributed by atoms with Crippen molar-refractivity contribution in [2.75, 3.05) is 11.4 Å². The van der Waals surface area contributed by atoms with Crippen LogP contribution in [0.3, 0.4) is 0 Å². The summed E-state index contributed by atoms with van der Waals surface area (Å²) in [6.45, 7) is 1.95. The second-order valence-corrected chi connectivity index (χ2v) is 10.0. The van der Waals surface area contributed by atoms with Gasteiger partial charge in [0.15, 0.2) is 0 Å². The number of nitro groups is 1. The second-order valence-electron chi connectivity index (χ2n) is 8.25. The van der Waals surface area contributed by atoms with Crippen LogP contribution in [-0.2, 0) is 20.2 Å². The van der Waals surface area contributed by atoms with E-state index < -0.39 is 26.3 Å². The number of carbonyl (C=O) groups excluding carboxylic acids is 1. The van der Waals surface area contributed by atoms with Crippen LogP contribution in [0.4, 0.5) is 11.4 Å². The summed E-state index contributed by atoms with van der Waals surface area (Å²) in [6.07, 6.45) is 0. The molecule has 0 aromatic heterocycles. The highest BCUT2D eigenvalue weighted by Crippen LogP contribution is 2.70. The molecule has 0 radical (unpaired) electrons. The first kappa shape index (κ1) is 21.1. The van der Waals surface area contributed by atoms with Crippen LogP contribution in [0.25, 0.3) is 0 Å². The molecule has 1 aliphatic heterocycles. The Morgan fingerprint density at radius 2 is 1.64 bits per heavy atom. The lowest BCUT2D eigenvalue weighted by atomic mass is 9.91. The number of anilines is 1. The van der Waals surface area contributed by atoms with Crippen LogP contribution in [0, 0.1) is 16.0 Å². The molecule has 2 aliphatic rings. The van der Waals surface area contributed by atoms with Crippen molar-refractivity contribution in [3.8, 4) is 5.75 Å². The zero-order valence-electron chi connectivity index (χ0n) is 17.8. The number of hydrogen-bond donors (Lipinski definition) is 0. The van der Waals surface area contributed by atoms with Crippen LogP contribution >= 0.6 is 0 Å². The Bertz CT molecular complexity index is 1390. The first-order chi connectivity index (χ1) is 15.7. The molecule has 3 atom stereocenters. The van der Waals surface area contributed by atoms with Gasteiger partial charge >= 0.3 is 0 Å². The first-order valence-electron chi connectivity index (χ1n) is 10.3. The van der Waals surface area contributed by atoms with Gasteiger partial charge < -0.3 is 4.74 Å². The Hall–Kier alpha value is -3.72. The average molecular weight is 464 g/mol. The fourth-order valence-corrected chi connectivity index (χ4v) is 6.62. The predicted molar refractivity (Wildman–Crippen MR) is 121 cm³/mol. The van der Waals surface area contributed by atoms with Crippen molar-refractivity contribution in [3.05, 3.63) is 94.0 Å². The molecule has 0 saturated heterocycles. The maximum absolute atomic E-state index is 13.9. The van der Waals surface area contributed by atoms with E-state index >= 15 is 0 Å². The quantitative estimate of drug-likeness (QED) is 0.417. The smallest absolute Gasteiger partial charge is 0.270 e. The van der Waals surface area contributed by atoms with Crippen molar-refractivity contribution >= 4 is 27.3 Å². The number of fused-ring (bicyclic) bond motifs is 2. The average Bonchev–Trinajstić information content (AvgIpc) is 3.35. The summed E-state index contributed by atoms with van der Waals surface area (Å²) in [5.41, 5.74) is 0.714. The predicted octanol–water partition coefficient (Wildman–Crippen LogP) is 4.01. The molecule has 1 fully saturated rings. The fourth-order valence-electron chi connectivity index (χ4n) is 5.14. The number of amides is 1. The van der Waals surface area contributed by atoms with E-state index in [1.54, 1.807) is 31.4 Å². The van der Waals surface area contributed by atoms with Gasteiger partial charge in [-0.15, -0.1) is 0 Å². The highest BCUT2D eigenvalue weighted by molar-refractivity contribution is 7.93. The maximum Gasteiger partial charge on any atom is 0.270 e. The van der Waals surface area contributed by atoms with E-state index in [0.29, 0.717) is 17.0 Å². The third-order valence-electron chi connectivity index (χ3n) is 6.77. The zero-order chi connectivity index (χ0) is 23.5. The molecule has 1 saturated carbocycles. The first-order valence-corrected chi connectivity index (χ1v) is 11.8. The molecule has 0 N–H and O–H groups in total. The number of methoxy groups -OCH3 is 1. The van der Waals surface area contributed by atoms with Crippen LogP contribution in [0.5, 0.6) is 5.75 Å². The zero-order valence-corrected chi connectivity index (χ0v) is 18.7. The second kappa shape index (κ2) is 7.14. The Balaban J connectivity index is 1.60. The Morgan fingerprint density at radius 1 is 1.00 bits per heavy atom. The molecule has 5 rings (SSSR count). The van der Waals surface area contributed by atoms with Crippen molar-refractivity contribution in [2.24, 2.45) is 5.92 Å². The molecule has 3 aromatic rings. The van der Waals surface area contributed by atoms with Gasteiger partial charge in [0, 0.05) is 18.1 Å². The molecule has 8 nitrogen and oxygen atoms in total. The van der Waals surface area contributed by atoms with Gasteiger partial charge in [0.1, 0.15) is 5.75 Å². The van der Waals surface area contributed by atoms with Gasteiger partial charge in [0.2, 0.25) is 0 Å². The number of sulfonamides is 1. The lowest BCUT2D eigenvalue weighted by Crippen LogP contribution is -2.38. The Labute approximate surface area is 190 Å². The third-order valence-corrected chi connectivity index (χ3v) is 8.48. The van der Waals surface area contributed by atoms with Gasteiger partial charge in [0.05, 0.1) is 28.0 Å². The topological polar surface area (TPSA) is 107 Å². The van der Waals surface area contributed by atoms with E-state index in [4.69, 9.17) is 4.74 Å². The van der Waals surface area contributed by atoms with E-state index in [1.165, 1.54) is 0 Å². The summed E-state index contributed by atoms with van der Waals surface area (Å²) in [6, 6.07) is 18.9. The van der Waals surface area contributed by atoms with E-state index in [0.717, 1.165) is 34.1 Å². The molecule has 0 bridgehead atoms. The number of hydrogen-bond acceptors (Lipinski definition) is 6. The number of para-hydroxylation sites is 1. The Kier molecular flexibility index (Phi) is 4.58. The third kappa shape index (κ3) is 2.82. The van der Waals surface area contributed by atoms with Crippen LogP contribution in [0.2, 0.25) is 0 Å². The number of rotatable bonds is 5. The summed E-state index contributed by atoms with van der Waals surface area (Å²) >= 11 is 0. The molecule has 1 heterocycles. The number of ether oxygens (including phenoxy) is 1. The van der Waals surface area contributed by atoms with Gasteiger partial charge in [-0.05, 0) is 47.4 Å². The van der Waals surface area contributed by atoms with Crippen molar-refractivity contribution in [1.82, 2.24) is 0 Å². The molecule has 1 amide bonds. The van der Waals surface area contributed by atoms with Crippen LogP contribution < -0.4 is 9.04 Å².